The van der Waals surface area contributed by atoms with Gasteiger partial charge in [0.1, 0.15) is 6.10 Å². The normalized spacial score (nSPS) is 12.9. The molecule has 2 heteroatoms. The van der Waals surface area contributed by atoms with Crippen molar-refractivity contribution >= 4 is 0 Å². The molecule has 102 valence electrons. The maximum atomic E-state index is 9.89. The van der Waals surface area contributed by atoms with Crippen molar-refractivity contribution in [3.05, 3.63) is 23.8 Å². The van der Waals surface area contributed by atoms with Crippen LogP contribution in [0.2, 0.25) is 0 Å². The average molecular weight is 250 g/mol. The largest absolute Gasteiger partial charge is 0.504 e. The third-order valence-corrected chi connectivity index (χ3v) is 2.93. The molecule has 0 fully saturated rings. The van der Waals surface area contributed by atoms with Gasteiger partial charge in [-0.05, 0) is 35.4 Å². The van der Waals surface area contributed by atoms with Crippen LogP contribution in [0.5, 0.6) is 11.5 Å². The first kappa shape index (κ1) is 14.9. The highest BCUT2D eigenvalue weighted by Crippen LogP contribution is 2.39. The molecule has 0 bridgehead atoms. The third kappa shape index (κ3) is 3.66. The molecule has 1 rings (SSSR count). The minimum Gasteiger partial charge on any atom is -0.504 e. The smallest absolute Gasteiger partial charge is 0.161 e. The van der Waals surface area contributed by atoms with Crippen molar-refractivity contribution < 1.29 is 9.84 Å². The molecule has 0 aromatic heterocycles. The molecular formula is C16H26O2. The SMILES string of the molecule is Cc1ccc(O)c(OC(C(C)(C)C)C(C)(C)C)c1. The summed E-state index contributed by atoms with van der Waals surface area (Å²) < 4.78 is 6.10. The molecule has 0 aliphatic heterocycles. The van der Waals surface area contributed by atoms with Crippen LogP contribution < -0.4 is 4.74 Å². The molecule has 0 aliphatic rings. The number of phenolic OH excluding ortho intramolecular Hbond substituents is 1. The highest BCUT2D eigenvalue weighted by atomic mass is 16.5. The lowest BCUT2D eigenvalue weighted by molar-refractivity contribution is -0.00327. The van der Waals surface area contributed by atoms with Gasteiger partial charge in [-0.2, -0.15) is 0 Å². The van der Waals surface area contributed by atoms with Gasteiger partial charge in [0.2, 0.25) is 0 Å². The zero-order valence-corrected chi connectivity index (χ0v) is 12.7. The van der Waals surface area contributed by atoms with Crippen LogP contribution in [0.3, 0.4) is 0 Å². The van der Waals surface area contributed by atoms with E-state index in [4.69, 9.17) is 4.74 Å². The molecule has 1 N–H and O–H groups in total. The summed E-state index contributed by atoms with van der Waals surface area (Å²) in [6.45, 7) is 15.0. The zero-order chi connectivity index (χ0) is 14.1. The molecule has 0 saturated heterocycles. The van der Waals surface area contributed by atoms with Gasteiger partial charge in [-0.3, -0.25) is 0 Å². The molecule has 0 spiro atoms. The second-order valence-corrected chi connectivity index (χ2v) is 7.20. The fourth-order valence-corrected chi connectivity index (χ4v) is 2.50. The van der Waals surface area contributed by atoms with Crippen LogP contribution in [-0.4, -0.2) is 11.2 Å². The summed E-state index contributed by atoms with van der Waals surface area (Å²) in [5.41, 5.74) is 1.10. The van der Waals surface area contributed by atoms with Gasteiger partial charge in [0.05, 0.1) is 0 Å². The van der Waals surface area contributed by atoms with Crippen molar-refractivity contribution in [3.8, 4) is 11.5 Å². The van der Waals surface area contributed by atoms with Gasteiger partial charge in [0.25, 0.3) is 0 Å². The molecule has 0 radical (unpaired) electrons. The first-order valence-corrected chi connectivity index (χ1v) is 6.48. The quantitative estimate of drug-likeness (QED) is 0.835. The van der Waals surface area contributed by atoms with E-state index in [2.05, 4.69) is 41.5 Å². The standard InChI is InChI=1S/C16H26O2/c1-11-8-9-12(17)13(10-11)18-14(15(2,3)4)16(5,6)7/h8-10,14,17H,1-7H3. The predicted molar refractivity (Wildman–Crippen MR) is 76.2 cm³/mol. The van der Waals surface area contributed by atoms with Crippen molar-refractivity contribution in [2.45, 2.75) is 54.6 Å². The van der Waals surface area contributed by atoms with Crippen molar-refractivity contribution in [2.24, 2.45) is 10.8 Å². The van der Waals surface area contributed by atoms with Crippen LogP contribution in [0.4, 0.5) is 0 Å². The van der Waals surface area contributed by atoms with Gasteiger partial charge < -0.3 is 9.84 Å². The average Bonchev–Trinajstić information content (AvgIpc) is 2.15. The Bertz CT molecular complexity index is 394. The van der Waals surface area contributed by atoms with Gasteiger partial charge in [-0.15, -0.1) is 0 Å². The van der Waals surface area contributed by atoms with Crippen molar-refractivity contribution in [1.29, 1.82) is 0 Å². The Hall–Kier alpha value is -1.18. The van der Waals surface area contributed by atoms with E-state index < -0.39 is 0 Å². The highest BCUT2D eigenvalue weighted by Gasteiger charge is 2.37. The Morgan fingerprint density at radius 2 is 1.50 bits per heavy atom. The second kappa shape index (κ2) is 4.83. The van der Waals surface area contributed by atoms with Gasteiger partial charge >= 0.3 is 0 Å². The molecule has 2 nitrogen and oxygen atoms in total. The molecule has 18 heavy (non-hydrogen) atoms. The lowest BCUT2D eigenvalue weighted by Gasteiger charge is -2.40. The van der Waals surface area contributed by atoms with E-state index in [-0.39, 0.29) is 22.7 Å². The summed E-state index contributed by atoms with van der Waals surface area (Å²) in [5.74, 6) is 0.781. The molecule has 1 aromatic rings. The number of hydrogen-bond donors (Lipinski definition) is 1. The molecule has 1 aromatic carbocycles. The molecular weight excluding hydrogens is 224 g/mol. The van der Waals surface area contributed by atoms with E-state index >= 15 is 0 Å². The summed E-state index contributed by atoms with van der Waals surface area (Å²) in [5, 5.41) is 9.89. The van der Waals surface area contributed by atoms with Gasteiger partial charge in [-0.25, -0.2) is 0 Å². The number of hydrogen-bond acceptors (Lipinski definition) is 2. The van der Waals surface area contributed by atoms with Crippen molar-refractivity contribution in [1.82, 2.24) is 0 Å². The summed E-state index contributed by atoms with van der Waals surface area (Å²) in [4.78, 5) is 0. The maximum absolute atomic E-state index is 9.89. The number of phenols is 1. The topological polar surface area (TPSA) is 29.5 Å². The first-order chi connectivity index (χ1) is 8.01. The van der Waals surface area contributed by atoms with E-state index in [0.29, 0.717) is 5.75 Å². The fourth-order valence-electron chi connectivity index (χ4n) is 2.50. The Labute approximate surface area is 111 Å². The predicted octanol–water partition coefficient (Wildman–Crippen LogP) is 4.54. The van der Waals surface area contributed by atoms with E-state index in [1.54, 1.807) is 6.07 Å². The molecule has 0 aliphatic carbocycles. The van der Waals surface area contributed by atoms with Crippen LogP contribution in [0.1, 0.15) is 47.1 Å². The molecule has 0 amide bonds. The highest BCUT2D eigenvalue weighted by molar-refractivity contribution is 5.41. The van der Waals surface area contributed by atoms with Crippen LogP contribution >= 0.6 is 0 Å². The third-order valence-electron chi connectivity index (χ3n) is 2.93. The van der Waals surface area contributed by atoms with Crippen LogP contribution in [-0.2, 0) is 0 Å². The summed E-state index contributed by atoms with van der Waals surface area (Å²) in [6.07, 6.45) is 0.0256. The van der Waals surface area contributed by atoms with E-state index in [1.165, 1.54) is 0 Å². The number of benzene rings is 1. The Morgan fingerprint density at radius 1 is 1.00 bits per heavy atom. The van der Waals surface area contributed by atoms with Crippen molar-refractivity contribution in [3.63, 3.8) is 0 Å². The lowest BCUT2D eigenvalue weighted by atomic mass is 9.74. The number of rotatable bonds is 2. The lowest BCUT2D eigenvalue weighted by Crippen LogP contribution is -2.42. The summed E-state index contributed by atoms with van der Waals surface area (Å²) >= 11 is 0. The molecule has 0 saturated carbocycles. The molecule has 0 unspecified atom stereocenters. The van der Waals surface area contributed by atoms with Crippen LogP contribution in [0, 0.1) is 17.8 Å². The van der Waals surface area contributed by atoms with Gasteiger partial charge in [-0.1, -0.05) is 47.6 Å². The first-order valence-electron chi connectivity index (χ1n) is 6.48. The number of ether oxygens (including phenoxy) is 1. The fraction of sp³-hybridized carbons (Fsp3) is 0.625. The Morgan fingerprint density at radius 3 is 1.94 bits per heavy atom. The van der Waals surface area contributed by atoms with Crippen molar-refractivity contribution in [2.75, 3.05) is 0 Å². The van der Waals surface area contributed by atoms with Gasteiger partial charge in [0, 0.05) is 0 Å². The molecule has 0 atom stereocenters. The Kier molecular flexibility index (Phi) is 3.99. The minimum atomic E-state index is 0.00837. The van der Waals surface area contributed by atoms with E-state index in [0.717, 1.165) is 5.56 Å². The summed E-state index contributed by atoms with van der Waals surface area (Å²) in [6, 6.07) is 5.46. The minimum absolute atomic E-state index is 0.00837. The monoisotopic (exact) mass is 250 g/mol. The number of aryl methyl sites for hydroxylation is 1. The van der Waals surface area contributed by atoms with Gasteiger partial charge in [0.15, 0.2) is 11.5 Å². The maximum Gasteiger partial charge on any atom is 0.161 e. The zero-order valence-electron chi connectivity index (χ0n) is 12.7. The van der Waals surface area contributed by atoms with E-state index in [1.807, 2.05) is 19.1 Å². The molecule has 0 heterocycles. The Balaban J connectivity index is 3.08. The summed E-state index contributed by atoms with van der Waals surface area (Å²) in [7, 11) is 0. The second-order valence-electron chi connectivity index (χ2n) is 7.20. The van der Waals surface area contributed by atoms with Crippen LogP contribution in [0.15, 0.2) is 18.2 Å². The van der Waals surface area contributed by atoms with Crippen LogP contribution in [0.25, 0.3) is 0 Å². The number of aromatic hydroxyl groups is 1. The van der Waals surface area contributed by atoms with E-state index in [9.17, 15) is 5.11 Å².